The summed E-state index contributed by atoms with van der Waals surface area (Å²) < 4.78 is 0. The van der Waals surface area contributed by atoms with Gasteiger partial charge in [-0.15, -0.1) is 0 Å². The van der Waals surface area contributed by atoms with Crippen molar-refractivity contribution in [2.75, 3.05) is 26.2 Å². The first kappa shape index (κ1) is 12.1. The Balaban J connectivity index is 1.71. The predicted molar refractivity (Wildman–Crippen MR) is 68.0 cm³/mol. The van der Waals surface area contributed by atoms with E-state index in [9.17, 15) is 9.59 Å². The highest BCUT2D eigenvalue weighted by Gasteiger charge is 2.36. The number of amides is 2. The van der Waals surface area contributed by atoms with Gasteiger partial charge in [0.2, 0.25) is 11.8 Å². The van der Waals surface area contributed by atoms with Gasteiger partial charge in [0.15, 0.2) is 0 Å². The average molecular weight is 260 g/mol. The van der Waals surface area contributed by atoms with Crippen molar-refractivity contribution in [3.63, 3.8) is 0 Å². The van der Waals surface area contributed by atoms with Crippen molar-refractivity contribution in [2.24, 2.45) is 0 Å². The Morgan fingerprint density at radius 1 is 1.32 bits per heavy atom. The van der Waals surface area contributed by atoms with Gasteiger partial charge in [-0.3, -0.25) is 14.6 Å². The summed E-state index contributed by atoms with van der Waals surface area (Å²) in [5.41, 5.74) is 0.874. The summed E-state index contributed by atoms with van der Waals surface area (Å²) in [6.07, 6.45) is 1.72. The van der Waals surface area contributed by atoms with E-state index in [1.54, 1.807) is 16.0 Å². The molecular formula is C13H16N4O2. The van der Waals surface area contributed by atoms with E-state index in [-0.39, 0.29) is 24.4 Å². The molecular weight excluding hydrogens is 244 g/mol. The Labute approximate surface area is 111 Å². The minimum absolute atomic E-state index is 0.00264. The quantitative estimate of drug-likeness (QED) is 0.758. The topological polar surface area (TPSA) is 65.5 Å². The van der Waals surface area contributed by atoms with E-state index in [0.29, 0.717) is 19.6 Å². The fraction of sp³-hybridized carbons (Fsp3) is 0.462. The molecule has 0 saturated carbocycles. The Kier molecular flexibility index (Phi) is 3.16. The molecule has 100 valence electrons. The van der Waals surface area contributed by atoms with Crippen LogP contribution in [0.15, 0.2) is 24.4 Å². The van der Waals surface area contributed by atoms with Gasteiger partial charge in [-0.1, -0.05) is 6.07 Å². The third-order valence-electron chi connectivity index (χ3n) is 3.59. The van der Waals surface area contributed by atoms with Crippen LogP contribution < -0.4 is 5.32 Å². The summed E-state index contributed by atoms with van der Waals surface area (Å²) in [4.78, 5) is 31.5. The zero-order chi connectivity index (χ0) is 13.2. The van der Waals surface area contributed by atoms with Gasteiger partial charge in [0.1, 0.15) is 6.54 Å². The van der Waals surface area contributed by atoms with Crippen LogP contribution in [0, 0.1) is 0 Å². The van der Waals surface area contributed by atoms with E-state index in [0.717, 1.165) is 12.2 Å². The predicted octanol–water partition coefficient (Wildman–Crippen LogP) is -0.776. The first-order chi connectivity index (χ1) is 9.24. The fourth-order valence-electron chi connectivity index (χ4n) is 2.58. The lowest BCUT2D eigenvalue weighted by atomic mass is 10.1. The summed E-state index contributed by atoms with van der Waals surface area (Å²) in [6.45, 7) is 2.37. The van der Waals surface area contributed by atoms with Gasteiger partial charge in [0.05, 0.1) is 24.8 Å². The molecule has 2 aliphatic heterocycles. The summed E-state index contributed by atoms with van der Waals surface area (Å²) >= 11 is 0. The molecule has 6 heteroatoms. The molecule has 0 radical (unpaired) electrons. The Bertz CT molecular complexity index is 491. The molecule has 19 heavy (non-hydrogen) atoms. The number of piperazine rings is 2. The van der Waals surface area contributed by atoms with Crippen LogP contribution in [-0.4, -0.2) is 58.8 Å². The largest absolute Gasteiger partial charge is 0.333 e. The van der Waals surface area contributed by atoms with Crippen molar-refractivity contribution < 1.29 is 9.59 Å². The van der Waals surface area contributed by atoms with Crippen molar-refractivity contribution in [1.82, 2.24) is 20.1 Å². The van der Waals surface area contributed by atoms with E-state index < -0.39 is 0 Å². The molecule has 1 unspecified atom stereocenters. The summed E-state index contributed by atoms with van der Waals surface area (Å²) in [7, 11) is 0. The van der Waals surface area contributed by atoms with E-state index >= 15 is 0 Å². The second-order valence-corrected chi connectivity index (χ2v) is 4.90. The van der Waals surface area contributed by atoms with Gasteiger partial charge in [-0.2, -0.15) is 0 Å². The van der Waals surface area contributed by atoms with Crippen molar-refractivity contribution >= 4 is 11.8 Å². The Morgan fingerprint density at radius 3 is 3.00 bits per heavy atom. The maximum atomic E-state index is 12.1. The number of nitrogens with one attached hydrogen (secondary N) is 1. The lowest BCUT2D eigenvalue weighted by Crippen LogP contribution is -2.64. The molecule has 3 rings (SSSR count). The van der Waals surface area contributed by atoms with Gasteiger partial charge in [0.25, 0.3) is 0 Å². The normalized spacial score (nSPS) is 23.5. The first-order valence-corrected chi connectivity index (χ1v) is 6.42. The second kappa shape index (κ2) is 4.97. The van der Waals surface area contributed by atoms with Gasteiger partial charge in [-0.05, 0) is 12.1 Å². The fourth-order valence-corrected chi connectivity index (χ4v) is 2.58. The minimum atomic E-state index is -0.00264. The van der Waals surface area contributed by atoms with Crippen LogP contribution in [-0.2, 0) is 16.1 Å². The second-order valence-electron chi connectivity index (χ2n) is 4.90. The van der Waals surface area contributed by atoms with Gasteiger partial charge in [-0.25, -0.2) is 0 Å². The summed E-state index contributed by atoms with van der Waals surface area (Å²) in [6, 6.07) is 5.76. The number of pyridine rings is 1. The molecule has 1 aromatic heterocycles. The zero-order valence-electron chi connectivity index (χ0n) is 10.6. The third-order valence-corrected chi connectivity index (χ3v) is 3.59. The minimum Gasteiger partial charge on any atom is -0.333 e. The average Bonchev–Trinajstić information content (AvgIpc) is 2.42. The standard InChI is InChI=1S/C13H16N4O2/c18-12-6-14-5-11-8-16(13(19)9-17(11)12)7-10-3-1-2-4-15-10/h1-4,11,14H,5-9H2. The molecule has 1 aromatic rings. The first-order valence-electron chi connectivity index (χ1n) is 6.42. The number of carbonyl (C=O) groups is 2. The Hall–Kier alpha value is -1.95. The molecule has 1 atom stereocenters. The molecule has 1 N–H and O–H groups in total. The summed E-state index contributed by atoms with van der Waals surface area (Å²) in [5.74, 6) is 0.0132. The van der Waals surface area contributed by atoms with Crippen molar-refractivity contribution in [3.05, 3.63) is 30.1 Å². The molecule has 0 aliphatic carbocycles. The molecule has 0 bridgehead atoms. The van der Waals surface area contributed by atoms with E-state index in [1.807, 2.05) is 18.2 Å². The van der Waals surface area contributed by atoms with Crippen LogP contribution in [0.5, 0.6) is 0 Å². The van der Waals surface area contributed by atoms with Crippen molar-refractivity contribution in [2.45, 2.75) is 12.6 Å². The van der Waals surface area contributed by atoms with Crippen LogP contribution in [0.25, 0.3) is 0 Å². The molecule has 2 fully saturated rings. The monoisotopic (exact) mass is 260 g/mol. The number of aromatic nitrogens is 1. The molecule has 2 amide bonds. The molecule has 0 aromatic carbocycles. The number of rotatable bonds is 2. The maximum absolute atomic E-state index is 12.1. The molecule has 3 heterocycles. The molecule has 2 saturated heterocycles. The number of fused-ring (bicyclic) bond motifs is 1. The lowest BCUT2D eigenvalue weighted by molar-refractivity contribution is -0.151. The molecule has 6 nitrogen and oxygen atoms in total. The van der Waals surface area contributed by atoms with Crippen LogP contribution in [0.3, 0.4) is 0 Å². The van der Waals surface area contributed by atoms with E-state index in [2.05, 4.69) is 10.3 Å². The van der Waals surface area contributed by atoms with E-state index in [1.165, 1.54) is 0 Å². The van der Waals surface area contributed by atoms with Crippen LogP contribution >= 0.6 is 0 Å². The van der Waals surface area contributed by atoms with Gasteiger partial charge < -0.3 is 15.1 Å². The highest BCUT2D eigenvalue weighted by atomic mass is 16.2. The SMILES string of the molecule is O=C1CN2C(=O)CNCC2CN1Cc1ccccn1. The number of hydrogen-bond acceptors (Lipinski definition) is 4. The van der Waals surface area contributed by atoms with Crippen LogP contribution in [0.2, 0.25) is 0 Å². The highest BCUT2D eigenvalue weighted by Crippen LogP contribution is 2.15. The summed E-state index contributed by atoms with van der Waals surface area (Å²) in [5, 5.41) is 3.09. The maximum Gasteiger partial charge on any atom is 0.242 e. The van der Waals surface area contributed by atoms with Crippen molar-refractivity contribution in [3.8, 4) is 0 Å². The van der Waals surface area contributed by atoms with Gasteiger partial charge >= 0.3 is 0 Å². The Morgan fingerprint density at radius 2 is 2.21 bits per heavy atom. The van der Waals surface area contributed by atoms with Crippen LogP contribution in [0.4, 0.5) is 0 Å². The van der Waals surface area contributed by atoms with Crippen molar-refractivity contribution in [1.29, 1.82) is 0 Å². The van der Waals surface area contributed by atoms with Gasteiger partial charge in [0, 0.05) is 19.3 Å². The smallest absolute Gasteiger partial charge is 0.242 e. The number of hydrogen-bond donors (Lipinski definition) is 1. The number of carbonyl (C=O) groups excluding carboxylic acids is 2. The third kappa shape index (κ3) is 2.44. The lowest BCUT2D eigenvalue weighted by Gasteiger charge is -2.43. The highest BCUT2D eigenvalue weighted by molar-refractivity contribution is 5.87. The molecule has 2 aliphatic rings. The zero-order valence-corrected chi connectivity index (χ0v) is 10.6. The van der Waals surface area contributed by atoms with Crippen LogP contribution in [0.1, 0.15) is 5.69 Å². The molecule has 0 spiro atoms. The number of nitrogens with zero attached hydrogens (tertiary/aromatic N) is 3. The van der Waals surface area contributed by atoms with E-state index in [4.69, 9.17) is 0 Å².